The lowest BCUT2D eigenvalue weighted by Crippen LogP contribution is -2.20. The second kappa shape index (κ2) is 10.4. The summed E-state index contributed by atoms with van der Waals surface area (Å²) in [6, 6.07) is 0. The van der Waals surface area contributed by atoms with Crippen molar-refractivity contribution >= 4 is 15.9 Å². The molecule has 2 nitrogen and oxygen atoms in total. The summed E-state index contributed by atoms with van der Waals surface area (Å²) in [6.07, 6.45) is 2.50. The van der Waals surface area contributed by atoms with Gasteiger partial charge in [0.25, 0.3) is 0 Å². The molecular formula is C8H18BrNO. The van der Waals surface area contributed by atoms with Gasteiger partial charge in [-0.1, -0.05) is 15.9 Å². The van der Waals surface area contributed by atoms with Crippen LogP contribution < -0.4 is 5.32 Å². The van der Waals surface area contributed by atoms with Crippen LogP contribution >= 0.6 is 15.9 Å². The van der Waals surface area contributed by atoms with E-state index in [1.807, 2.05) is 6.92 Å². The molecule has 0 saturated carbocycles. The van der Waals surface area contributed by atoms with Gasteiger partial charge in [-0.05, 0) is 26.3 Å². The van der Waals surface area contributed by atoms with Crippen LogP contribution in [0.2, 0.25) is 0 Å². The standard InChI is InChI=1S/C8H18BrNO/c1-2-11-8-7-10-6-4-3-5-9/h10H,2-8H2,1H3. The second-order valence-electron chi connectivity index (χ2n) is 2.34. The molecule has 0 rings (SSSR count). The van der Waals surface area contributed by atoms with Crippen molar-refractivity contribution in [2.24, 2.45) is 0 Å². The minimum atomic E-state index is 0.822. The molecule has 0 aromatic heterocycles. The largest absolute Gasteiger partial charge is 0.380 e. The van der Waals surface area contributed by atoms with Gasteiger partial charge in [0.2, 0.25) is 0 Å². The van der Waals surface area contributed by atoms with Gasteiger partial charge in [-0.25, -0.2) is 0 Å². The summed E-state index contributed by atoms with van der Waals surface area (Å²) in [5, 5.41) is 4.42. The predicted molar refractivity (Wildman–Crippen MR) is 52.4 cm³/mol. The zero-order valence-electron chi connectivity index (χ0n) is 7.24. The zero-order valence-corrected chi connectivity index (χ0v) is 8.82. The summed E-state index contributed by atoms with van der Waals surface area (Å²) in [7, 11) is 0. The highest BCUT2D eigenvalue weighted by Gasteiger charge is 1.87. The minimum absolute atomic E-state index is 0.822. The lowest BCUT2D eigenvalue weighted by Gasteiger charge is -2.03. The minimum Gasteiger partial charge on any atom is -0.380 e. The molecule has 0 aliphatic carbocycles. The van der Waals surface area contributed by atoms with E-state index >= 15 is 0 Å². The van der Waals surface area contributed by atoms with Crippen LogP contribution in [0.4, 0.5) is 0 Å². The van der Waals surface area contributed by atoms with E-state index in [1.54, 1.807) is 0 Å². The smallest absolute Gasteiger partial charge is 0.0590 e. The van der Waals surface area contributed by atoms with Crippen LogP contribution in [0.15, 0.2) is 0 Å². The van der Waals surface area contributed by atoms with Crippen molar-refractivity contribution in [3.8, 4) is 0 Å². The van der Waals surface area contributed by atoms with Gasteiger partial charge < -0.3 is 10.1 Å². The van der Waals surface area contributed by atoms with E-state index in [0.717, 1.165) is 31.6 Å². The molecule has 3 heteroatoms. The van der Waals surface area contributed by atoms with E-state index in [4.69, 9.17) is 4.74 Å². The van der Waals surface area contributed by atoms with Gasteiger partial charge in [-0.3, -0.25) is 0 Å². The van der Waals surface area contributed by atoms with E-state index in [1.165, 1.54) is 12.8 Å². The Labute approximate surface area is 77.8 Å². The van der Waals surface area contributed by atoms with Gasteiger partial charge in [0.1, 0.15) is 0 Å². The lowest BCUT2D eigenvalue weighted by atomic mass is 10.3. The van der Waals surface area contributed by atoms with Crippen molar-refractivity contribution in [3.05, 3.63) is 0 Å². The van der Waals surface area contributed by atoms with E-state index in [0.29, 0.717) is 0 Å². The van der Waals surface area contributed by atoms with Crippen molar-refractivity contribution < 1.29 is 4.74 Å². The molecule has 0 spiro atoms. The normalized spacial score (nSPS) is 10.4. The molecule has 0 fully saturated rings. The van der Waals surface area contributed by atoms with E-state index in [2.05, 4.69) is 21.2 Å². The van der Waals surface area contributed by atoms with Crippen LogP contribution in [-0.4, -0.2) is 31.6 Å². The number of hydrogen-bond acceptors (Lipinski definition) is 2. The SMILES string of the molecule is CCOCCNCCCCBr. The van der Waals surface area contributed by atoms with Crippen LogP contribution in [0, 0.1) is 0 Å². The Hall–Kier alpha value is 0.400. The first-order valence-corrected chi connectivity index (χ1v) is 5.38. The molecule has 0 heterocycles. The number of alkyl halides is 1. The highest BCUT2D eigenvalue weighted by Crippen LogP contribution is 1.91. The van der Waals surface area contributed by atoms with Gasteiger partial charge in [0.15, 0.2) is 0 Å². The molecule has 0 amide bonds. The van der Waals surface area contributed by atoms with E-state index in [9.17, 15) is 0 Å². The van der Waals surface area contributed by atoms with E-state index < -0.39 is 0 Å². The van der Waals surface area contributed by atoms with E-state index in [-0.39, 0.29) is 0 Å². The summed E-state index contributed by atoms with van der Waals surface area (Å²) in [5.74, 6) is 0. The molecule has 0 bridgehead atoms. The van der Waals surface area contributed by atoms with Crippen LogP contribution in [0.25, 0.3) is 0 Å². The molecule has 0 aliphatic rings. The molecule has 0 saturated heterocycles. The highest BCUT2D eigenvalue weighted by molar-refractivity contribution is 9.09. The summed E-state index contributed by atoms with van der Waals surface area (Å²) < 4.78 is 5.17. The molecule has 11 heavy (non-hydrogen) atoms. The molecule has 0 aromatic carbocycles. The maximum atomic E-state index is 5.17. The number of halogens is 1. The van der Waals surface area contributed by atoms with Gasteiger partial charge in [-0.15, -0.1) is 0 Å². The Morgan fingerprint density at radius 3 is 2.73 bits per heavy atom. The van der Waals surface area contributed by atoms with Gasteiger partial charge in [0.05, 0.1) is 6.61 Å². The van der Waals surface area contributed by atoms with Crippen molar-refractivity contribution in [1.29, 1.82) is 0 Å². The molecule has 1 N–H and O–H groups in total. The first-order valence-electron chi connectivity index (χ1n) is 4.26. The molecule has 0 unspecified atom stereocenters. The number of ether oxygens (including phenoxy) is 1. The van der Waals surface area contributed by atoms with Crippen molar-refractivity contribution in [3.63, 3.8) is 0 Å². The quantitative estimate of drug-likeness (QED) is 0.501. The first kappa shape index (κ1) is 11.4. The summed E-state index contributed by atoms with van der Waals surface area (Å²) in [4.78, 5) is 0. The zero-order chi connectivity index (χ0) is 8.36. The summed E-state index contributed by atoms with van der Waals surface area (Å²) in [6.45, 7) is 5.77. The van der Waals surface area contributed by atoms with Crippen LogP contribution in [0.1, 0.15) is 19.8 Å². The fourth-order valence-electron chi connectivity index (χ4n) is 0.758. The third-order valence-corrected chi connectivity index (χ3v) is 1.93. The molecule has 0 aliphatic heterocycles. The summed E-state index contributed by atoms with van der Waals surface area (Å²) >= 11 is 3.39. The van der Waals surface area contributed by atoms with Crippen LogP contribution in [0.5, 0.6) is 0 Å². The number of rotatable bonds is 8. The molecule has 0 radical (unpaired) electrons. The van der Waals surface area contributed by atoms with Gasteiger partial charge in [0, 0.05) is 18.5 Å². The Morgan fingerprint density at radius 1 is 1.27 bits per heavy atom. The maximum Gasteiger partial charge on any atom is 0.0590 e. The maximum absolute atomic E-state index is 5.17. The number of nitrogens with one attached hydrogen (secondary N) is 1. The third-order valence-electron chi connectivity index (χ3n) is 1.36. The Kier molecular flexibility index (Phi) is 10.8. The number of unbranched alkanes of at least 4 members (excludes halogenated alkanes) is 1. The average Bonchev–Trinajstić information content (AvgIpc) is 2.03. The van der Waals surface area contributed by atoms with Gasteiger partial charge >= 0.3 is 0 Å². The monoisotopic (exact) mass is 223 g/mol. The topological polar surface area (TPSA) is 21.3 Å². The first-order chi connectivity index (χ1) is 5.41. The highest BCUT2D eigenvalue weighted by atomic mass is 79.9. The average molecular weight is 224 g/mol. The predicted octanol–water partition coefficient (Wildman–Crippen LogP) is 1.79. The van der Waals surface area contributed by atoms with Crippen molar-refractivity contribution in [2.45, 2.75) is 19.8 Å². The molecule has 0 aromatic rings. The van der Waals surface area contributed by atoms with Crippen LogP contribution in [-0.2, 0) is 4.74 Å². The third kappa shape index (κ3) is 10.4. The fraction of sp³-hybridized carbons (Fsp3) is 1.00. The molecular weight excluding hydrogens is 206 g/mol. The van der Waals surface area contributed by atoms with Gasteiger partial charge in [-0.2, -0.15) is 0 Å². The molecule has 0 atom stereocenters. The lowest BCUT2D eigenvalue weighted by molar-refractivity contribution is 0.149. The Bertz CT molecular complexity index is 63.1. The number of hydrogen-bond donors (Lipinski definition) is 1. The van der Waals surface area contributed by atoms with Crippen molar-refractivity contribution in [2.75, 3.05) is 31.6 Å². The molecule has 68 valence electrons. The Morgan fingerprint density at radius 2 is 2.09 bits per heavy atom. The Balaban J connectivity index is 2.69. The fourth-order valence-corrected chi connectivity index (χ4v) is 1.15. The van der Waals surface area contributed by atoms with Crippen molar-refractivity contribution in [1.82, 2.24) is 5.32 Å². The summed E-state index contributed by atoms with van der Waals surface area (Å²) in [5.41, 5.74) is 0. The van der Waals surface area contributed by atoms with Crippen LogP contribution in [0.3, 0.4) is 0 Å². The second-order valence-corrected chi connectivity index (χ2v) is 3.14.